The van der Waals surface area contributed by atoms with Gasteiger partial charge in [-0.15, -0.1) is 0 Å². The van der Waals surface area contributed by atoms with E-state index in [9.17, 15) is 13.2 Å². The number of rotatable bonds is 4. The molecular formula is C15H20F3NS. The molecule has 1 aliphatic rings. The van der Waals surface area contributed by atoms with Crippen molar-refractivity contribution < 1.29 is 13.2 Å². The first-order valence-electron chi connectivity index (χ1n) is 6.93. The predicted molar refractivity (Wildman–Crippen MR) is 77.9 cm³/mol. The Morgan fingerprint density at radius 2 is 2.00 bits per heavy atom. The van der Waals surface area contributed by atoms with Crippen LogP contribution < -0.4 is 5.32 Å². The lowest BCUT2D eigenvalue weighted by Crippen LogP contribution is -2.22. The summed E-state index contributed by atoms with van der Waals surface area (Å²) in [6.45, 7) is 0. The van der Waals surface area contributed by atoms with Gasteiger partial charge in [0.25, 0.3) is 0 Å². The third-order valence-electron chi connectivity index (χ3n) is 3.87. The van der Waals surface area contributed by atoms with Crippen molar-refractivity contribution in [2.45, 2.75) is 31.5 Å². The maximum absolute atomic E-state index is 12.8. The Labute approximate surface area is 122 Å². The van der Waals surface area contributed by atoms with Gasteiger partial charge in [0.2, 0.25) is 0 Å². The monoisotopic (exact) mass is 303 g/mol. The molecule has 0 saturated carbocycles. The van der Waals surface area contributed by atoms with Crippen molar-refractivity contribution in [2.24, 2.45) is 5.92 Å². The van der Waals surface area contributed by atoms with Crippen LogP contribution in [0.1, 0.15) is 36.4 Å². The van der Waals surface area contributed by atoms with Crippen molar-refractivity contribution in [1.29, 1.82) is 0 Å². The molecular weight excluding hydrogens is 283 g/mol. The fourth-order valence-corrected chi connectivity index (χ4v) is 3.87. The summed E-state index contributed by atoms with van der Waals surface area (Å²) in [6, 6.07) is 5.70. The highest BCUT2D eigenvalue weighted by Gasteiger charge is 2.31. The van der Waals surface area contributed by atoms with Crippen LogP contribution in [-0.4, -0.2) is 18.6 Å². The average Bonchev–Trinajstić information content (AvgIpc) is 2.45. The van der Waals surface area contributed by atoms with Crippen LogP contribution in [0.15, 0.2) is 24.3 Å². The van der Waals surface area contributed by atoms with Crippen LogP contribution in [0.4, 0.5) is 13.2 Å². The van der Waals surface area contributed by atoms with Gasteiger partial charge in [-0.2, -0.15) is 24.9 Å². The Balaban J connectivity index is 2.10. The summed E-state index contributed by atoms with van der Waals surface area (Å²) in [5.41, 5.74) is 0.176. The van der Waals surface area contributed by atoms with E-state index in [1.807, 2.05) is 18.8 Å². The van der Waals surface area contributed by atoms with Gasteiger partial charge in [-0.1, -0.05) is 12.1 Å². The summed E-state index contributed by atoms with van der Waals surface area (Å²) in [5, 5.41) is 3.17. The molecule has 0 bridgehead atoms. The zero-order chi connectivity index (χ0) is 14.6. The first kappa shape index (κ1) is 15.7. The number of benzene rings is 1. The molecule has 1 unspecified atom stereocenters. The van der Waals surface area contributed by atoms with E-state index in [0.29, 0.717) is 5.92 Å². The van der Waals surface area contributed by atoms with Crippen LogP contribution in [0, 0.1) is 5.92 Å². The predicted octanol–water partition coefficient (Wildman–Crippen LogP) is 4.50. The van der Waals surface area contributed by atoms with Crippen LogP contribution in [0.25, 0.3) is 0 Å². The maximum Gasteiger partial charge on any atom is 0.416 e. The standard InChI is InChI=1S/C15H20F3NS/c1-19-14(9-11-5-7-20-8-6-11)12-3-2-4-13(10-12)15(16,17)18/h2-4,10-11,14,19H,5-9H2,1H3. The van der Waals surface area contributed by atoms with Crippen LogP contribution in [-0.2, 0) is 6.18 Å². The highest BCUT2D eigenvalue weighted by atomic mass is 32.2. The lowest BCUT2D eigenvalue weighted by atomic mass is 9.90. The molecule has 1 atom stereocenters. The highest BCUT2D eigenvalue weighted by molar-refractivity contribution is 7.99. The molecule has 1 aromatic rings. The van der Waals surface area contributed by atoms with E-state index in [4.69, 9.17) is 0 Å². The fraction of sp³-hybridized carbons (Fsp3) is 0.600. The van der Waals surface area contributed by atoms with Gasteiger partial charge in [0.15, 0.2) is 0 Å². The summed E-state index contributed by atoms with van der Waals surface area (Å²) in [5.74, 6) is 2.95. The molecule has 1 nitrogen and oxygen atoms in total. The molecule has 1 aromatic carbocycles. The van der Waals surface area contributed by atoms with Gasteiger partial charge < -0.3 is 5.32 Å². The molecule has 20 heavy (non-hydrogen) atoms. The number of hydrogen-bond acceptors (Lipinski definition) is 2. The number of thioether (sulfide) groups is 1. The zero-order valence-corrected chi connectivity index (χ0v) is 12.4. The average molecular weight is 303 g/mol. The van der Waals surface area contributed by atoms with Crippen molar-refractivity contribution in [1.82, 2.24) is 5.32 Å². The number of alkyl halides is 3. The molecule has 2 rings (SSSR count). The van der Waals surface area contributed by atoms with Crippen LogP contribution in [0.2, 0.25) is 0 Å². The van der Waals surface area contributed by atoms with E-state index in [1.165, 1.54) is 36.5 Å². The molecule has 0 amide bonds. The molecule has 0 aromatic heterocycles. The molecule has 0 radical (unpaired) electrons. The summed E-state index contributed by atoms with van der Waals surface area (Å²) in [6.07, 6.45) is -1.02. The van der Waals surface area contributed by atoms with Gasteiger partial charge in [0.05, 0.1) is 5.56 Å². The largest absolute Gasteiger partial charge is 0.416 e. The Morgan fingerprint density at radius 3 is 2.60 bits per heavy atom. The van der Waals surface area contributed by atoms with Crippen LogP contribution in [0.5, 0.6) is 0 Å². The van der Waals surface area contributed by atoms with E-state index in [2.05, 4.69) is 5.32 Å². The van der Waals surface area contributed by atoms with Gasteiger partial charge in [0.1, 0.15) is 0 Å². The maximum atomic E-state index is 12.8. The van der Waals surface area contributed by atoms with Crippen LogP contribution in [0.3, 0.4) is 0 Å². The van der Waals surface area contributed by atoms with Gasteiger partial charge in [0, 0.05) is 6.04 Å². The van der Waals surface area contributed by atoms with E-state index < -0.39 is 11.7 Å². The quantitative estimate of drug-likeness (QED) is 0.879. The van der Waals surface area contributed by atoms with Crippen molar-refractivity contribution >= 4 is 11.8 Å². The summed E-state index contributed by atoms with van der Waals surface area (Å²) in [7, 11) is 1.82. The minimum absolute atomic E-state index is 0.00500. The number of halogens is 3. The van der Waals surface area contributed by atoms with Gasteiger partial charge in [-0.25, -0.2) is 0 Å². The summed E-state index contributed by atoms with van der Waals surface area (Å²) in [4.78, 5) is 0. The molecule has 1 heterocycles. The number of nitrogens with one attached hydrogen (secondary N) is 1. The van der Waals surface area contributed by atoms with Crippen molar-refractivity contribution in [3.63, 3.8) is 0 Å². The highest BCUT2D eigenvalue weighted by Crippen LogP contribution is 2.34. The van der Waals surface area contributed by atoms with E-state index in [-0.39, 0.29) is 6.04 Å². The molecule has 1 aliphatic heterocycles. The first-order chi connectivity index (χ1) is 9.50. The first-order valence-corrected chi connectivity index (χ1v) is 8.08. The Hall–Kier alpha value is -0.680. The van der Waals surface area contributed by atoms with Crippen LogP contribution >= 0.6 is 11.8 Å². The minimum atomic E-state index is -4.27. The van der Waals surface area contributed by atoms with Crippen molar-refractivity contribution in [3.05, 3.63) is 35.4 Å². The molecule has 5 heteroatoms. The fourth-order valence-electron chi connectivity index (χ4n) is 2.67. The van der Waals surface area contributed by atoms with Crippen molar-refractivity contribution in [3.8, 4) is 0 Å². The van der Waals surface area contributed by atoms with Gasteiger partial charge in [-0.3, -0.25) is 0 Å². The van der Waals surface area contributed by atoms with E-state index in [0.717, 1.165) is 18.1 Å². The molecule has 1 fully saturated rings. The summed E-state index contributed by atoms with van der Waals surface area (Å²) >= 11 is 1.97. The second-order valence-corrected chi connectivity index (χ2v) is 6.48. The van der Waals surface area contributed by atoms with E-state index in [1.54, 1.807) is 6.07 Å². The smallest absolute Gasteiger partial charge is 0.313 e. The minimum Gasteiger partial charge on any atom is -0.313 e. The Kier molecular flexibility index (Phi) is 5.38. The lowest BCUT2D eigenvalue weighted by molar-refractivity contribution is -0.137. The molecule has 0 aliphatic carbocycles. The van der Waals surface area contributed by atoms with Crippen molar-refractivity contribution in [2.75, 3.05) is 18.6 Å². The Bertz CT molecular complexity index is 427. The van der Waals surface area contributed by atoms with Gasteiger partial charge >= 0.3 is 6.18 Å². The normalized spacial score (nSPS) is 19.0. The molecule has 112 valence electrons. The lowest BCUT2D eigenvalue weighted by Gasteiger charge is -2.26. The third kappa shape index (κ3) is 4.16. The molecule has 0 spiro atoms. The zero-order valence-electron chi connectivity index (χ0n) is 11.5. The third-order valence-corrected chi connectivity index (χ3v) is 4.92. The summed E-state index contributed by atoms with van der Waals surface area (Å²) < 4.78 is 38.3. The van der Waals surface area contributed by atoms with E-state index >= 15 is 0 Å². The Morgan fingerprint density at radius 1 is 1.30 bits per heavy atom. The second-order valence-electron chi connectivity index (χ2n) is 5.26. The molecule has 1 N–H and O–H groups in total. The second kappa shape index (κ2) is 6.85. The topological polar surface area (TPSA) is 12.0 Å². The van der Waals surface area contributed by atoms with Gasteiger partial charge in [-0.05, 0) is 61.4 Å². The number of hydrogen-bond donors (Lipinski definition) is 1. The molecule has 1 saturated heterocycles. The SMILES string of the molecule is CNC(CC1CCSCC1)c1cccc(C(F)(F)F)c1.